The zero-order valence-corrected chi connectivity index (χ0v) is 12.3. The molecule has 1 unspecified atom stereocenters. The Balaban J connectivity index is 1.86. The van der Waals surface area contributed by atoms with Gasteiger partial charge in [0.2, 0.25) is 0 Å². The molecule has 1 N–H and O–H groups in total. The summed E-state index contributed by atoms with van der Waals surface area (Å²) in [7, 11) is 0. The number of likely N-dealkylation sites (N-methyl/N-ethyl adjacent to an activating group) is 1. The van der Waals surface area contributed by atoms with Crippen LogP contribution in [0.1, 0.15) is 19.8 Å². The van der Waals surface area contributed by atoms with Gasteiger partial charge in [0, 0.05) is 12.6 Å². The van der Waals surface area contributed by atoms with E-state index in [1.165, 1.54) is 11.1 Å². The lowest BCUT2D eigenvalue weighted by Crippen LogP contribution is -2.48. The van der Waals surface area contributed by atoms with Crippen LogP contribution in [-0.4, -0.2) is 45.6 Å². The van der Waals surface area contributed by atoms with E-state index in [1.807, 2.05) is 18.2 Å². The molecule has 3 rings (SSSR count). The summed E-state index contributed by atoms with van der Waals surface area (Å²) in [6.45, 7) is 5.58. The van der Waals surface area contributed by atoms with Crippen LogP contribution in [0.4, 0.5) is 0 Å². The minimum absolute atomic E-state index is 0.0668. The summed E-state index contributed by atoms with van der Waals surface area (Å²) in [4.78, 5) is 14.8. The minimum Gasteiger partial charge on any atom is -0.315 e. The van der Waals surface area contributed by atoms with Gasteiger partial charge in [0.05, 0.1) is 12.1 Å². The first-order chi connectivity index (χ1) is 10.3. The van der Waals surface area contributed by atoms with Gasteiger partial charge in [-0.2, -0.15) is 4.68 Å². The zero-order chi connectivity index (χ0) is 14.7. The fourth-order valence-corrected chi connectivity index (χ4v) is 2.91. The smallest absolute Gasteiger partial charge is 0.278 e. The molecule has 1 aromatic heterocycles. The maximum atomic E-state index is 12.5. The summed E-state index contributed by atoms with van der Waals surface area (Å²) >= 11 is 0. The van der Waals surface area contributed by atoms with Crippen LogP contribution in [0.5, 0.6) is 0 Å². The monoisotopic (exact) mass is 287 g/mol. The van der Waals surface area contributed by atoms with Crippen molar-refractivity contribution in [3.63, 3.8) is 0 Å². The largest absolute Gasteiger partial charge is 0.315 e. The van der Waals surface area contributed by atoms with Crippen molar-refractivity contribution in [2.45, 2.75) is 32.5 Å². The van der Waals surface area contributed by atoms with Crippen molar-refractivity contribution in [2.75, 3.05) is 19.6 Å². The first kappa shape index (κ1) is 14.2. The van der Waals surface area contributed by atoms with Gasteiger partial charge in [-0.05, 0) is 38.1 Å². The topological polar surface area (TPSA) is 63.1 Å². The molecule has 2 aromatic rings. The van der Waals surface area contributed by atoms with E-state index in [9.17, 15) is 4.79 Å². The molecule has 112 valence electrons. The molecule has 0 saturated carbocycles. The van der Waals surface area contributed by atoms with Gasteiger partial charge in [-0.1, -0.05) is 24.3 Å². The van der Waals surface area contributed by atoms with Gasteiger partial charge >= 0.3 is 0 Å². The molecule has 6 heteroatoms. The third-order valence-electron chi connectivity index (χ3n) is 4.14. The lowest BCUT2D eigenvalue weighted by atomic mass is 10.1. The normalized spacial score (nSPS) is 19.2. The van der Waals surface area contributed by atoms with E-state index in [4.69, 9.17) is 0 Å². The molecule has 1 aromatic carbocycles. The number of nitrogens with zero attached hydrogens (tertiary/aromatic N) is 4. The molecule has 0 bridgehead atoms. The Bertz CT molecular complexity index is 662. The fraction of sp³-hybridized carbons (Fsp3) is 0.533. The Labute approximate surface area is 123 Å². The summed E-state index contributed by atoms with van der Waals surface area (Å²) in [5, 5.41) is 12.3. The van der Waals surface area contributed by atoms with Crippen LogP contribution in [0.3, 0.4) is 0 Å². The number of aromatic nitrogens is 3. The predicted octanol–water partition coefficient (Wildman–Crippen LogP) is 0.823. The molecule has 21 heavy (non-hydrogen) atoms. The highest BCUT2D eigenvalue weighted by molar-refractivity contribution is 5.76. The first-order valence-electron chi connectivity index (χ1n) is 7.57. The molecule has 1 saturated heterocycles. The summed E-state index contributed by atoms with van der Waals surface area (Å²) in [6, 6.07) is 7.81. The van der Waals surface area contributed by atoms with Crippen molar-refractivity contribution in [2.24, 2.45) is 0 Å². The lowest BCUT2D eigenvalue weighted by Gasteiger charge is -2.33. The molecule has 6 nitrogen and oxygen atoms in total. The number of piperidine rings is 1. The number of fused-ring (bicyclic) bond motifs is 1. The van der Waals surface area contributed by atoms with Crippen molar-refractivity contribution in [1.29, 1.82) is 0 Å². The summed E-state index contributed by atoms with van der Waals surface area (Å²) < 4.78 is 1.47. The standard InChI is InChI=1S/C15H21N5O/c1-2-19(12-6-5-9-16-10-12)11-20-15(21)13-7-3-4-8-14(13)17-18-20/h3-4,7-8,12,16H,2,5-6,9-11H2,1H3. The van der Waals surface area contributed by atoms with Gasteiger partial charge in [0.1, 0.15) is 5.52 Å². The Morgan fingerprint density at radius 1 is 1.43 bits per heavy atom. The van der Waals surface area contributed by atoms with E-state index in [0.29, 0.717) is 23.6 Å². The maximum Gasteiger partial charge on any atom is 0.278 e. The van der Waals surface area contributed by atoms with Gasteiger partial charge in [0.15, 0.2) is 0 Å². The fourth-order valence-electron chi connectivity index (χ4n) is 2.91. The molecular weight excluding hydrogens is 266 g/mol. The van der Waals surface area contributed by atoms with Crippen LogP contribution in [0.2, 0.25) is 0 Å². The van der Waals surface area contributed by atoms with Crippen LogP contribution in [-0.2, 0) is 6.67 Å². The number of nitrogens with one attached hydrogen (secondary N) is 1. The highest BCUT2D eigenvalue weighted by Gasteiger charge is 2.20. The second-order valence-electron chi connectivity index (χ2n) is 5.46. The molecule has 1 fully saturated rings. The quantitative estimate of drug-likeness (QED) is 0.902. The zero-order valence-electron chi connectivity index (χ0n) is 12.3. The predicted molar refractivity (Wildman–Crippen MR) is 82.1 cm³/mol. The van der Waals surface area contributed by atoms with Gasteiger partial charge < -0.3 is 5.32 Å². The third-order valence-corrected chi connectivity index (χ3v) is 4.14. The number of hydrogen-bond donors (Lipinski definition) is 1. The van der Waals surface area contributed by atoms with E-state index in [2.05, 4.69) is 27.5 Å². The Morgan fingerprint density at radius 3 is 3.05 bits per heavy atom. The second-order valence-corrected chi connectivity index (χ2v) is 5.46. The number of hydrogen-bond acceptors (Lipinski definition) is 5. The van der Waals surface area contributed by atoms with E-state index in [0.717, 1.165) is 26.1 Å². The number of benzene rings is 1. The molecular formula is C15H21N5O. The van der Waals surface area contributed by atoms with E-state index >= 15 is 0 Å². The molecule has 0 radical (unpaired) electrons. The van der Waals surface area contributed by atoms with Gasteiger partial charge in [-0.15, -0.1) is 5.10 Å². The third kappa shape index (κ3) is 2.96. The van der Waals surface area contributed by atoms with Crippen molar-refractivity contribution < 1.29 is 0 Å². The Kier molecular flexibility index (Phi) is 4.26. The highest BCUT2D eigenvalue weighted by atomic mass is 16.1. The van der Waals surface area contributed by atoms with Crippen LogP contribution < -0.4 is 10.9 Å². The van der Waals surface area contributed by atoms with Crippen molar-refractivity contribution in [3.05, 3.63) is 34.6 Å². The SMILES string of the molecule is CCN(Cn1nnc2ccccc2c1=O)C1CCCNC1. The van der Waals surface area contributed by atoms with E-state index < -0.39 is 0 Å². The lowest BCUT2D eigenvalue weighted by molar-refractivity contribution is 0.124. The van der Waals surface area contributed by atoms with Gasteiger partial charge in [-0.25, -0.2) is 0 Å². The molecule has 2 heterocycles. The van der Waals surface area contributed by atoms with E-state index in [-0.39, 0.29) is 5.56 Å². The second kappa shape index (κ2) is 6.32. The van der Waals surface area contributed by atoms with Crippen molar-refractivity contribution in [3.8, 4) is 0 Å². The molecule has 0 aliphatic carbocycles. The van der Waals surface area contributed by atoms with Crippen molar-refractivity contribution in [1.82, 2.24) is 25.2 Å². The Hall–Kier alpha value is -1.79. The number of rotatable bonds is 4. The molecule has 0 spiro atoms. The molecule has 1 aliphatic heterocycles. The van der Waals surface area contributed by atoms with Crippen LogP contribution in [0, 0.1) is 0 Å². The Morgan fingerprint density at radius 2 is 2.29 bits per heavy atom. The molecule has 1 aliphatic rings. The van der Waals surface area contributed by atoms with Crippen LogP contribution in [0.25, 0.3) is 10.9 Å². The van der Waals surface area contributed by atoms with Crippen LogP contribution in [0.15, 0.2) is 29.1 Å². The van der Waals surface area contributed by atoms with Crippen molar-refractivity contribution >= 4 is 10.9 Å². The average molecular weight is 287 g/mol. The highest BCUT2D eigenvalue weighted by Crippen LogP contribution is 2.11. The first-order valence-corrected chi connectivity index (χ1v) is 7.57. The molecule has 1 atom stereocenters. The summed E-state index contributed by atoms with van der Waals surface area (Å²) in [5.74, 6) is 0. The van der Waals surface area contributed by atoms with E-state index in [1.54, 1.807) is 6.07 Å². The average Bonchev–Trinajstić information content (AvgIpc) is 2.55. The maximum absolute atomic E-state index is 12.5. The van der Waals surface area contributed by atoms with Gasteiger partial charge in [0.25, 0.3) is 5.56 Å². The minimum atomic E-state index is -0.0668. The van der Waals surface area contributed by atoms with Crippen LogP contribution >= 0.6 is 0 Å². The summed E-state index contributed by atoms with van der Waals surface area (Å²) in [5.41, 5.74) is 0.587. The van der Waals surface area contributed by atoms with Gasteiger partial charge in [-0.3, -0.25) is 9.69 Å². The molecule has 0 amide bonds. The summed E-state index contributed by atoms with van der Waals surface area (Å²) in [6.07, 6.45) is 2.34.